The minimum absolute atomic E-state index is 0.319. The van der Waals surface area contributed by atoms with Crippen LogP contribution in [0.2, 0.25) is 0 Å². The molecule has 27 heavy (non-hydrogen) atoms. The van der Waals surface area contributed by atoms with E-state index in [2.05, 4.69) is 6.08 Å². The smallest absolute Gasteiger partial charge is 0.333 e. The number of carbonyl (C=O) groups excluding carboxylic acids is 2. The first-order valence-corrected chi connectivity index (χ1v) is 9.17. The fraction of sp³-hybridized carbons (Fsp3) is 0.455. The number of allylic oxidation sites excluding steroid dienone is 4. The van der Waals surface area contributed by atoms with Crippen LogP contribution in [-0.2, 0) is 25.5 Å². The van der Waals surface area contributed by atoms with Gasteiger partial charge in [-0.05, 0) is 64.0 Å². The van der Waals surface area contributed by atoms with Crippen LogP contribution in [0, 0.1) is 0 Å². The average molecular weight is 374 g/mol. The number of rotatable bonds is 11. The largest absolute Gasteiger partial charge is 0.472 e. The Morgan fingerprint density at radius 1 is 0.926 bits per heavy atom. The van der Waals surface area contributed by atoms with Crippen LogP contribution in [-0.4, -0.2) is 26.2 Å². The van der Waals surface area contributed by atoms with Gasteiger partial charge in [-0.15, -0.1) is 0 Å². The van der Waals surface area contributed by atoms with Crippen LogP contribution in [0.3, 0.4) is 0 Å². The van der Waals surface area contributed by atoms with E-state index in [4.69, 9.17) is 13.9 Å². The number of methoxy groups -OCH3 is 2. The van der Waals surface area contributed by atoms with Gasteiger partial charge in [-0.1, -0.05) is 23.8 Å². The number of aryl methyl sites for hydroxylation is 1. The Morgan fingerprint density at radius 3 is 1.96 bits per heavy atom. The van der Waals surface area contributed by atoms with E-state index in [0.717, 1.165) is 24.8 Å². The van der Waals surface area contributed by atoms with Gasteiger partial charge in [0.05, 0.1) is 26.7 Å². The highest BCUT2D eigenvalue weighted by atomic mass is 16.5. The van der Waals surface area contributed by atoms with Crippen molar-refractivity contribution in [1.29, 1.82) is 0 Å². The molecular formula is C22H30O5. The van der Waals surface area contributed by atoms with Gasteiger partial charge in [-0.3, -0.25) is 0 Å². The summed E-state index contributed by atoms with van der Waals surface area (Å²) in [5.74, 6) is -0.652. The molecule has 0 aliphatic heterocycles. The van der Waals surface area contributed by atoms with Gasteiger partial charge in [-0.25, -0.2) is 9.59 Å². The Hall–Kier alpha value is -2.56. The van der Waals surface area contributed by atoms with Crippen molar-refractivity contribution in [3.8, 4) is 0 Å². The van der Waals surface area contributed by atoms with Gasteiger partial charge >= 0.3 is 11.9 Å². The quantitative estimate of drug-likeness (QED) is 0.312. The predicted molar refractivity (Wildman–Crippen MR) is 105 cm³/mol. The Balaban J connectivity index is 2.69. The summed E-state index contributed by atoms with van der Waals surface area (Å²) in [7, 11) is 2.76. The van der Waals surface area contributed by atoms with Crippen molar-refractivity contribution >= 4 is 11.9 Å². The van der Waals surface area contributed by atoms with Crippen molar-refractivity contribution in [2.45, 2.75) is 52.4 Å². The molecule has 0 aromatic carbocycles. The van der Waals surface area contributed by atoms with E-state index >= 15 is 0 Å². The highest BCUT2D eigenvalue weighted by Gasteiger charge is 2.11. The second-order valence-corrected chi connectivity index (χ2v) is 6.47. The summed E-state index contributed by atoms with van der Waals surface area (Å²) in [4.78, 5) is 23.9. The molecule has 0 bridgehead atoms. The average Bonchev–Trinajstić information content (AvgIpc) is 3.17. The monoisotopic (exact) mass is 374 g/mol. The molecule has 0 saturated carbocycles. The Labute approximate surface area is 161 Å². The first kappa shape index (κ1) is 22.5. The van der Waals surface area contributed by atoms with E-state index in [0.29, 0.717) is 30.4 Å². The molecule has 0 unspecified atom stereocenters. The molecule has 0 fully saturated rings. The molecule has 0 aliphatic carbocycles. The fourth-order valence-corrected chi connectivity index (χ4v) is 2.60. The predicted octanol–water partition coefficient (Wildman–Crippen LogP) is 4.94. The van der Waals surface area contributed by atoms with Crippen molar-refractivity contribution in [3.05, 3.63) is 59.1 Å². The van der Waals surface area contributed by atoms with Crippen LogP contribution in [0.4, 0.5) is 0 Å². The summed E-state index contributed by atoms with van der Waals surface area (Å²) in [5, 5.41) is 0. The molecule has 0 aliphatic rings. The molecular weight excluding hydrogens is 344 g/mol. The van der Waals surface area contributed by atoms with Gasteiger partial charge in [0.25, 0.3) is 0 Å². The van der Waals surface area contributed by atoms with E-state index in [1.807, 2.05) is 32.1 Å². The lowest BCUT2D eigenvalue weighted by atomic mass is 10.0. The highest BCUT2D eigenvalue weighted by molar-refractivity contribution is 5.89. The summed E-state index contributed by atoms with van der Waals surface area (Å²) < 4.78 is 14.8. The molecule has 0 N–H and O–H groups in total. The lowest BCUT2D eigenvalue weighted by Gasteiger charge is -2.07. The van der Waals surface area contributed by atoms with Crippen molar-refractivity contribution in [1.82, 2.24) is 0 Å². The first-order chi connectivity index (χ1) is 13.0. The van der Waals surface area contributed by atoms with Crippen LogP contribution in [0.5, 0.6) is 0 Å². The Bertz CT molecular complexity index is 674. The summed E-state index contributed by atoms with van der Waals surface area (Å²) in [6.45, 7) is 4.05. The summed E-state index contributed by atoms with van der Waals surface area (Å²) in [6.07, 6.45) is 13.2. The van der Waals surface area contributed by atoms with E-state index in [-0.39, 0.29) is 11.9 Å². The summed E-state index contributed by atoms with van der Waals surface area (Å²) in [5.41, 5.74) is 3.55. The SMILES string of the molecule is COC(=O)/C(=C/CC/C(=C\CCc1ccoc1)C(=O)OC)CCC=C(C)C. The minimum atomic E-state index is -0.334. The van der Waals surface area contributed by atoms with E-state index in [1.54, 1.807) is 12.5 Å². The normalized spacial score (nSPS) is 11.9. The molecule has 1 heterocycles. The molecule has 0 radical (unpaired) electrons. The standard InChI is InChI=1S/C22H30O5/c1-17(2)8-5-10-19(21(23)25-3)12-7-13-20(22(24)26-4)11-6-9-18-14-15-27-16-18/h8,11-12,14-16H,5-7,9-10,13H2,1-4H3/b19-12+,20-11+. The van der Waals surface area contributed by atoms with Gasteiger partial charge in [0, 0.05) is 11.1 Å². The van der Waals surface area contributed by atoms with Crippen LogP contribution in [0.1, 0.15) is 51.5 Å². The third kappa shape index (κ3) is 9.08. The number of ether oxygens (including phenoxy) is 2. The van der Waals surface area contributed by atoms with Crippen LogP contribution in [0.15, 0.2) is 58.0 Å². The van der Waals surface area contributed by atoms with E-state index in [9.17, 15) is 9.59 Å². The number of hydrogen-bond acceptors (Lipinski definition) is 5. The molecule has 0 atom stereocenters. The Kier molecular flexibility index (Phi) is 10.6. The zero-order valence-electron chi connectivity index (χ0n) is 16.7. The van der Waals surface area contributed by atoms with Crippen molar-refractivity contribution in [3.63, 3.8) is 0 Å². The van der Waals surface area contributed by atoms with Crippen LogP contribution < -0.4 is 0 Å². The zero-order valence-corrected chi connectivity index (χ0v) is 16.7. The lowest BCUT2D eigenvalue weighted by molar-refractivity contribution is -0.137. The summed E-state index contributed by atoms with van der Waals surface area (Å²) >= 11 is 0. The maximum atomic E-state index is 12.0. The molecule has 0 spiro atoms. The zero-order chi connectivity index (χ0) is 20.1. The topological polar surface area (TPSA) is 65.7 Å². The van der Waals surface area contributed by atoms with E-state index < -0.39 is 0 Å². The molecule has 0 amide bonds. The third-order valence-electron chi connectivity index (χ3n) is 4.07. The maximum absolute atomic E-state index is 12.0. The minimum Gasteiger partial charge on any atom is -0.472 e. The van der Waals surface area contributed by atoms with Gasteiger partial charge < -0.3 is 13.9 Å². The number of furan rings is 1. The van der Waals surface area contributed by atoms with Crippen LogP contribution >= 0.6 is 0 Å². The third-order valence-corrected chi connectivity index (χ3v) is 4.07. The van der Waals surface area contributed by atoms with Gasteiger partial charge in [0.2, 0.25) is 0 Å². The number of hydrogen-bond donors (Lipinski definition) is 0. The Morgan fingerprint density at radius 2 is 1.48 bits per heavy atom. The first-order valence-electron chi connectivity index (χ1n) is 9.17. The molecule has 0 saturated heterocycles. The maximum Gasteiger partial charge on any atom is 0.333 e. The molecule has 5 nitrogen and oxygen atoms in total. The molecule has 1 aromatic rings. The molecule has 148 valence electrons. The second kappa shape index (κ2) is 12.7. The second-order valence-electron chi connectivity index (χ2n) is 6.47. The number of esters is 2. The lowest BCUT2D eigenvalue weighted by Crippen LogP contribution is -2.07. The van der Waals surface area contributed by atoms with Crippen molar-refractivity contribution in [2.24, 2.45) is 0 Å². The van der Waals surface area contributed by atoms with Gasteiger partial charge in [0.15, 0.2) is 0 Å². The highest BCUT2D eigenvalue weighted by Crippen LogP contribution is 2.16. The van der Waals surface area contributed by atoms with Gasteiger partial charge in [-0.2, -0.15) is 0 Å². The number of carbonyl (C=O) groups is 2. The molecule has 1 aromatic heterocycles. The molecule has 5 heteroatoms. The van der Waals surface area contributed by atoms with E-state index in [1.165, 1.54) is 19.8 Å². The van der Waals surface area contributed by atoms with Crippen molar-refractivity contribution < 1.29 is 23.5 Å². The van der Waals surface area contributed by atoms with Gasteiger partial charge in [0.1, 0.15) is 0 Å². The van der Waals surface area contributed by atoms with Crippen LogP contribution in [0.25, 0.3) is 0 Å². The molecule has 1 rings (SSSR count). The summed E-state index contributed by atoms with van der Waals surface area (Å²) in [6, 6.07) is 1.91. The van der Waals surface area contributed by atoms with Crippen molar-refractivity contribution in [2.75, 3.05) is 14.2 Å². The fourth-order valence-electron chi connectivity index (χ4n) is 2.60.